The van der Waals surface area contributed by atoms with Crippen LogP contribution in [0.3, 0.4) is 0 Å². The first-order chi connectivity index (χ1) is 7.91. The number of nitrogen functional groups attached to an aromatic ring is 1. The second kappa shape index (κ2) is 5.72. The Bertz CT molecular complexity index is 373. The van der Waals surface area contributed by atoms with Crippen LogP contribution in [0.5, 0.6) is 0 Å². The van der Waals surface area contributed by atoms with E-state index in [9.17, 15) is 17.6 Å². The van der Waals surface area contributed by atoms with Gasteiger partial charge in [-0.1, -0.05) is 0 Å². The first-order valence-electron chi connectivity index (χ1n) is 4.79. The Balaban J connectivity index is 2.77. The molecule has 0 heterocycles. The van der Waals surface area contributed by atoms with Crippen molar-refractivity contribution in [1.29, 1.82) is 0 Å². The van der Waals surface area contributed by atoms with Gasteiger partial charge in [0.15, 0.2) is 0 Å². The highest BCUT2D eigenvalue weighted by Crippen LogP contribution is 2.28. The lowest BCUT2D eigenvalue weighted by Gasteiger charge is -2.15. The van der Waals surface area contributed by atoms with Crippen molar-refractivity contribution in [2.45, 2.75) is 19.0 Å². The molecule has 0 spiro atoms. The van der Waals surface area contributed by atoms with Crippen molar-refractivity contribution in [1.82, 2.24) is 0 Å². The molecule has 1 aromatic carbocycles. The molecule has 0 bridgehead atoms. The third-order valence-electron chi connectivity index (χ3n) is 2.10. The molecule has 3 nitrogen and oxygen atoms in total. The highest BCUT2D eigenvalue weighted by molar-refractivity contribution is 5.58. The molecule has 96 valence electrons. The monoisotopic (exact) mass is 252 g/mol. The number of anilines is 2. The Labute approximate surface area is 95.2 Å². The molecule has 4 N–H and O–H groups in total. The van der Waals surface area contributed by atoms with Crippen molar-refractivity contribution in [3.63, 3.8) is 0 Å². The SMILES string of the molecule is Nc1ccc(NCC(O)C(F)F)c(C(F)F)c1. The molecule has 0 amide bonds. The summed E-state index contributed by atoms with van der Waals surface area (Å²) in [6, 6.07) is 3.68. The van der Waals surface area contributed by atoms with Gasteiger partial charge in [-0.25, -0.2) is 17.6 Å². The van der Waals surface area contributed by atoms with Gasteiger partial charge in [-0.3, -0.25) is 0 Å². The summed E-state index contributed by atoms with van der Waals surface area (Å²) in [6.07, 6.45) is -7.60. The fraction of sp³-hybridized carbons (Fsp3) is 0.400. The van der Waals surface area contributed by atoms with E-state index in [1.54, 1.807) is 0 Å². The average Bonchev–Trinajstić information content (AvgIpc) is 2.26. The molecule has 0 fully saturated rings. The number of hydrogen-bond acceptors (Lipinski definition) is 3. The Morgan fingerprint density at radius 1 is 1.24 bits per heavy atom. The summed E-state index contributed by atoms with van der Waals surface area (Å²) in [5, 5.41) is 11.2. The van der Waals surface area contributed by atoms with Gasteiger partial charge < -0.3 is 16.2 Å². The van der Waals surface area contributed by atoms with Crippen LogP contribution < -0.4 is 11.1 Å². The molecule has 1 unspecified atom stereocenters. The minimum Gasteiger partial charge on any atom is -0.399 e. The highest BCUT2D eigenvalue weighted by Gasteiger charge is 2.18. The van der Waals surface area contributed by atoms with Crippen LogP contribution in [0.25, 0.3) is 0 Å². The van der Waals surface area contributed by atoms with E-state index in [1.807, 2.05) is 0 Å². The van der Waals surface area contributed by atoms with Crippen LogP contribution in [0.2, 0.25) is 0 Å². The van der Waals surface area contributed by atoms with Crippen molar-refractivity contribution >= 4 is 11.4 Å². The van der Waals surface area contributed by atoms with Gasteiger partial charge in [0, 0.05) is 23.5 Å². The fourth-order valence-corrected chi connectivity index (χ4v) is 1.23. The zero-order chi connectivity index (χ0) is 13.0. The normalized spacial score (nSPS) is 13.1. The van der Waals surface area contributed by atoms with Gasteiger partial charge in [-0.2, -0.15) is 0 Å². The van der Waals surface area contributed by atoms with Crippen LogP contribution in [0.1, 0.15) is 12.0 Å². The lowest BCUT2D eigenvalue weighted by Crippen LogP contribution is -2.27. The third kappa shape index (κ3) is 3.77. The summed E-state index contributed by atoms with van der Waals surface area (Å²) in [6.45, 7) is -0.513. The summed E-state index contributed by atoms with van der Waals surface area (Å²) in [5.74, 6) is 0. The topological polar surface area (TPSA) is 58.3 Å². The Morgan fingerprint density at radius 3 is 2.41 bits per heavy atom. The van der Waals surface area contributed by atoms with E-state index in [0.717, 1.165) is 6.07 Å². The molecule has 0 saturated heterocycles. The number of alkyl halides is 4. The van der Waals surface area contributed by atoms with Crippen LogP contribution in [0, 0.1) is 0 Å². The van der Waals surface area contributed by atoms with Gasteiger partial charge in [-0.05, 0) is 18.2 Å². The maximum atomic E-state index is 12.6. The second-order valence-corrected chi connectivity index (χ2v) is 3.43. The quantitative estimate of drug-likeness (QED) is 0.556. The molecule has 0 saturated carbocycles. The zero-order valence-electron chi connectivity index (χ0n) is 8.71. The maximum Gasteiger partial charge on any atom is 0.265 e. The number of halogens is 4. The van der Waals surface area contributed by atoms with Gasteiger partial charge >= 0.3 is 0 Å². The molecule has 0 aromatic heterocycles. The standard InChI is InChI=1S/C10H12F4N2O/c11-9(12)6-3-5(15)1-2-7(6)16-4-8(17)10(13)14/h1-3,8-10,16-17H,4,15H2. The molecule has 0 aliphatic heterocycles. The molecule has 1 atom stereocenters. The summed E-state index contributed by atoms with van der Waals surface area (Å²) >= 11 is 0. The summed E-state index contributed by atoms with van der Waals surface area (Å²) in [5.41, 5.74) is 5.09. The molecule has 1 aromatic rings. The Morgan fingerprint density at radius 2 is 1.88 bits per heavy atom. The smallest absolute Gasteiger partial charge is 0.265 e. The van der Waals surface area contributed by atoms with Gasteiger partial charge in [0.05, 0.1) is 0 Å². The Hall–Kier alpha value is -1.50. The van der Waals surface area contributed by atoms with E-state index >= 15 is 0 Å². The first-order valence-corrected chi connectivity index (χ1v) is 4.79. The largest absolute Gasteiger partial charge is 0.399 e. The van der Waals surface area contributed by atoms with Crippen molar-refractivity contribution < 1.29 is 22.7 Å². The number of benzene rings is 1. The zero-order valence-corrected chi connectivity index (χ0v) is 8.71. The van der Waals surface area contributed by atoms with E-state index in [4.69, 9.17) is 10.8 Å². The predicted molar refractivity (Wildman–Crippen MR) is 56.3 cm³/mol. The average molecular weight is 252 g/mol. The molecular formula is C10H12F4N2O. The molecular weight excluding hydrogens is 240 g/mol. The number of hydrogen-bond donors (Lipinski definition) is 3. The van der Waals surface area contributed by atoms with Gasteiger partial charge in [0.25, 0.3) is 12.9 Å². The number of aliphatic hydroxyl groups excluding tert-OH is 1. The van der Waals surface area contributed by atoms with Crippen LogP contribution in [-0.4, -0.2) is 24.2 Å². The fourth-order valence-electron chi connectivity index (χ4n) is 1.23. The van der Waals surface area contributed by atoms with Crippen LogP contribution in [0.15, 0.2) is 18.2 Å². The maximum absolute atomic E-state index is 12.6. The molecule has 0 aliphatic rings. The van der Waals surface area contributed by atoms with Gasteiger partial charge in [0.2, 0.25) is 0 Å². The molecule has 0 radical (unpaired) electrons. The van der Waals surface area contributed by atoms with Crippen molar-refractivity contribution in [2.75, 3.05) is 17.6 Å². The van der Waals surface area contributed by atoms with Crippen LogP contribution >= 0.6 is 0 Å². The first kappa shape index (κ1) is 13.6. The molecule has 0 aliphatic carbocycles. The number of rotatable bonds is 5. The van der Waals surface area contributed by atoms with Crippen LogP contribution in [0.4, 0.5) is 28.9 Å². The summed E-state index contributed by atoms with van der Waals surface area (Å²) in [7, 11) is 0. The second-order valence-electron chi connectivity index (χ2n) is 3.43. The molecule has 7 heteroatoms. The van der Waals surface area contributed by atoms with Crippen molar-refractivity contribution in [3.8, 4) is 0 Å². The predicted octanol–water partition coefficient (Wildman–Crippen LogP) is 2.24. The number of aliphatic hydroxyl groups is 1. The molecule has 17 heavy (non-hydrogen) atoms. The van der Waals surface area contributed by atoms with E-state index < -0.39 is 25.5 Å². The third-order valence-corrected chi connectivity index (χ3v) is 2.10. The molecule has 1 rings (SSSR count). The summed E-state index contributed by atoms with van der Waals surface area (Å²) in [4.78, 5) is 0. The Kier molecular flexibility index (Phi) is 4.56. The summed E-state index contributed by atoms with van der Waals surface area (Å²) < 4.78 is 49.2. The highest BCUT2D eigenvalue weighted by atomic mass is 19.3. The van der Waals surface area contributed by atoms with Crippen molar-refractivity contribution in [3.05, 3.63) is 23.8 Å². The number of nitrogens with two attached hydrogens (primary N) is 1. The van der Waals surface area contributed by atoms with E-state index in [1.165, 1.54) is 12.1 Å². The van der Waals surface area contributed by atoms with Gasteiger partial charge in [-0.15, -0.1) is 0 Å². The lowest BCUT2D eigenvalue weighted by molar-refractivity contribution is 0.00381. The van der Waals surface area contributed by atoms with E-state index in [-0.39, 0.29) is 16.9 Å². The van der Waals surface area contributed by atoms with Crippen molar-refractivity contribution in [2.24, 2.45) is 0 Å². The van der Waals surface area contributed by atoms with E-state index in [0.29, 0.717) is 0 Å². The minimum absolute atomic E-state index is 0.0195. The van der Waals surface area contributed by atoms with Gasteiger partial charge in [0.1, 0.15) is 6.10 Å². The minimum atomic E-state index is -2.92. The lowest BCUT2D eigenvalue weighted by atomic mass is 10.1. The number of nitrogens with one attached hydrogen (secondary N) is 1. The van der Waals surface area contributed by atoms with E-state index in [2.05, 4.69) is 5.32 Å². The van der Waals surface area contributed by atoms with Crippen LogP contribution in [-0.2, 0) is 0 Å².